The highest BCUT2D eigenvalue weighted by Gasteiger charge is 2.63. The van der Waals surface area contributed by atoms with Gasteiger partial charge in [-0.3, -0.25) is 9.36 Å². The van der Waals surface area contributed by atoms with Crippen molar-refractivity contribution in [3.05, 3.63) is 59.9 Å². The molecule has 25 heavy (non-hydrogen) atoms. The number of nitrogens with zero attached hydrogens (tertiary/aromatic N) is 2. The van der Waals surface area contributed by atoms with Crippen molar-refractivity contribution >= 4 is 16.9 Å². The quantitative estimate of drug-likeness (QED) is 0.775. The number of benzene rings is 2. The zero-order chi connectivity index (χ0) is 17.8. The number of amides is 1. The number of methoxy groups -OCH3 is 1. The fourth-order valence-corrected chi connectivity index (χ4v) is 3.19. The Labute approximate surface area is 140 Å². The Morgan fingerprint density at radius 1 is 1.12 bits per heavy atom. The van der Waals surface area contributed by atoms with E-state index >= 15 is 0 Å². The van der Waals surface area contributed by atoms with Crippen molar-refractivity contribution in [2.24, 2.45) is 0 Å². The molecule has 2 heterocycles. The first-order valence-electron chi connectivity index (χ1n) is 7.40. The maximum absolute atomic E-state index is 14.2. The zero-order valence-corrected chi connectivity index (χ0v) is 13.0. The number of alkyl halides is 3. The van der Waals surface area contributed by atoms with E-state index in [4.69, 9.17) is 4.74 Å². The van der Waals surface area contributed by atoms with E-state index in [-0.39, 0.29) is 16.9 Å². The third-order valence-corrected chi connectivity index (χ3v) is 4.31. The van der Waals surface area contributed by atoms with Gasteiger partial charge in [0.25, 0.3) is 5.91 Å². The Morgan fingerprint density at radius 2 is 1.80 bits per heavy atom. The Balaban J connectivity index is 2.06. The predicted octanol–water partition coefficient (Wildman–Crippen LogP) is 3.05. The molecule has 1 unspecified atom stereocenters. The minimum Gasteiger partial charge on any atom is -0.497 e. The molecule has 0 bridgehead atoms. The van der Waals surface area contributed by atoms with Crippen molar-refractivity contribution in [1.82, 2.24) is 14.9 Å². The van der Waals surface area contributed by atoms with Gasteiger partial charge < -0.3 is 10.1 Å². The fraction of sp³-hybridized carbons (Fsp3) is 0.176. The molecule has 1 N–H and O–H groups in total. The number of carbonyl (C=O) groups is 1. The van der Waals surface area contributed by atoms with Crippen LogP contribution in [0.4, 0.5) is 13.2 Å². The van der Waals surface area contributed by atoms with Gasteiger partial charge in [0, 0.05) is 5.56 Å². The summed E-state index contributed by atoms with van der Waals surface area (Å²) in [6.45, 7) is 0. The molecule has 0 saturated heterocycles. The maximum atomic E-state index is 14.2. The molecule has 3 aromatic rings. The number of hydrogen-bond donors (Lipinski definition) is 1. The van der Waals surface area contributed by atoms with Crippen LogP contribution in [0, 0.1) is 0 Å². The average molecular weight is 347 g/mol. The smallest absolute Gasteiger partial charge is 0.435 e. The van der Waals surface area contributed by atoms with E-state index in [1.807, 2.05) is 0 Å². The summed E-state index contributed by atoms with van der Waals surface area (Å²) in [5.41, 5.74) is -2.29. The highest BCUT2D eigenvalue weighted by Crippen LogP contribution is 2.46. The number of ether oxygens (including phenoxy) is 1. The number of para-hydroxylation sites is 2. The molecule has 0 spiro atoms. The van der Waals surface area contributed by atoms with Gasteiger partial charge in [-0.25, -0.2) is 4.98 Å². The summed E-state index contributed by atoms with van der Waals surface area (Å²) in [6, 6.07) is 11.8. The minimum absolute atomic E-state index is 0.129. The first kappa shape index (κ1) is 15.5. The van der Waals surface area contributed by atoms with Crippen LogP contribution in [-0.4, -0.2) is 28.7 Å². The normalized spacial score (nSPS) is 19.8. The molecule has 0 aliphatic carbocycles. The number of rotatable bonds is 2. The van der Waals surface area contributed by atoms with E-state index in [2.05, 4.69) is 10.3 Å². The van der Waals surface area contributed by atoms with Crippen LogP contribution >= 0.6 is 0 Å². The van der Waals surface area contributed by atoms with Crippen molar-refractivity contribution in [1.29, 1.82) is 0 Å². The third kappa shape index (κ3) is 1.97. The Kier molecular flexibility index (Phi) is 3.09. The Morgan fingerprint density at radius 3 is 2.44 bits per heavy atom. The monoisotopic (exact) mass is 347 g/mol. The topological polar surface area (TPSA) is 56.1 Å². The van der Waals surface area contributed by atoms with Gasteiger partial charge in [-0.1, -0.05) is 24.3 Å². The van der Waals surface area contributed by atoms with E-state index in [1.54, 1.807) is 18.2 Å². The lowest BCUT2D eigenvalue weighted by atomic mass is 9.98. The van der Waals surface area contributed by atoms with Crippen LogP contribution in [0.1, 0.15) is 16.2 Å². The second kappa shape index (κ2) is 4.98. The maximum Gasteiger partial charge on any atom is 0.435 e. The van der Waals surface area contributed by atoms with E-state index in [0.717, 1.165) is 4.57 Å². The van der Waals surface area contributed by atoms with Crippen LogP contribution in [-0.2, 0) is 5.66 Å². The van der Waals surface area contributed by atoms with E-state index in [1.165, 1.54) is 37.4 Å². The Hall–Kier alpha value is -3.03. The van der Waals surface area contributed by atoms with Gasteiger partial charge in [-0.15, -0.1) is 0 Å². The third-order valence-electron chi connectivity index (χ3n) is 4.31. The number of carbonyl (C=O) groups excluding carboxylic acids is 1. The van der Waals surface area contributed by atoms with Crippen LogP contribution in [0.5, 0.6) is 5.75 Å². The molecule has 0 radical (unpaired) electrons. The lowest BCUT2D eigenvalue weighted by Gasteiger charge is -2.34. The highest BCUT2D eigenvalue weighted by atomic mass is 19.4. The molecule has 4 rings (SSSR count). The average Bonchev–Trinajstić information content (AvgIpc) is 3.11. The summed E-state index contributed by atoms with van der Waals surface area (Å²) in [4.78, 5) is 16.3. The van der Waals surface area contributed by atoms with Crippen LogP contribution in [0.2, 0.25) is 0 Å². The predicted molar refractivity (Wildman–Crippen MR) is 83.3 cm³/mol. The number of hydrogen-bond acceptors (Lipinski definition) is 3. The van der Waals surface area contributed by atoms with Crippen LogP contribution in [0.25, 0.3) is 11.0 Å². The SMILES string of the molecule is COc1ccc(C2(C(F)(F)F)NC(=O)c3nc4ccccc4n32)cc1. The first-order valence-corrected chi connectivity index (χ1v) is 7.40. The molecule has 0 saturated carbocycles. The minimum atomic E-state index is -4.79. The van der Waals surface area contributed by atoms with E-state index < -0.39 is 17.7 Å². The lowest BCUT2D eigenvalue weighted by molar-refractivity contribution is -0.202. The molecule has 1 aromatic heterocycles. The van der Waals surface area contributed by atoms with Crippen LogP contribution in [0.3, 0.4) is 0 Å². The van der Waals surface area contributed by atoms with Crippen molar-refractivity contribution in [3.63, 3.8) is 0 Å². The standard InChI is InChI=1S/C17H12F3N3O2/c1-25-11-8-6-10(7-9-11)16(17(18,19)20)22-15(24)14-21-12-4-2-3-5-13(12)23(14)16/h2-9H,1H3,(H,22,24). The second-order valence-electron chi connectivity index (χ2n) is 5.65. The molecule has 128 valence electrons. The molecule has 1 amide bonds. The Bertz CT molecular complexity index is 979. The summed E-state index contributed by atoms with van der Waals surface area (Å²) in [5.74, 6) is -0.722. The summed E-state index contributed by atoms with van der Waals surface area (Å²) in [6.07, 6.45) is -4.79. The van der Waals surface area contributed by atoms with Gasteiger partial charge in [-0.05, 0) is 24.3 Å². The molecule has 2 aromatic carbocycles. The number of aromatic nitrogens is 2. The van der Waals surface area contributed by atoms with Gasteiger partial charge in [0.15, 0.2) is 0 Å². The number of nitrogens with one attached hydrogen (secondary N) is 1. The second-order valence-corrected chi connectivity index (χ2v) is 5.65. The van der Waals surface area contributed by atoms with Crippen molar-refractivity contribution in [2.45, 2.75) is 11.8 Å². The van der Waals surface area contributed by atoms with Gasteiger partial charge in [0.05, 0.1) is 18.1 Å². The van der Waals surface area contributed by atoms with Gasteiger partial charge >= 0.3 is 6.18 Å². The summed E-state index contributed by atoms with van der Waals surface area (Å²) >= 11 is 0. The molecule has 8 heteroatoms. The summed E-state index contributed by atoms with van der Waals surface area (Å²) < 4.78 is 48.7. The molecule has 1 atom stereocenters. The van der Waals surface area contributed by atoms with Gasteiger partial charge in [0.1, 0.15) is 5.75 Å². The van der Waals surface area contributed by atoms with Crippen LogP contribution < -0.4 is 10.1 Å². The van der Waals surface area contributed by atoms with E-state index in [9.17, 15) is 18.0 Å². The molecule has 0 fully saturated rings. The molecule has 1 aliphatic rings. The van der Waals surface area contributed by atoms with Crippen molar-refractivity contribution in [3.8, 4) is 5.75 Å². The lowest BCUT2D eigenvalue weighted by Crippen LogP contribution is -2.56. The molecular formula is C17H12F3N3O2. The molecule has 1 aliphatic heterocycles. The number of imidazole rings is 1. The largest absolute Gasteiger partial charge is 0.497 e. The van der Waals surface area contributed by atoms with Crippen LogP contribution in [0.15, 0.2) is 48.5 Å². The van der Waals surface area contributed by atoms with Crippen molar-refractivity contribution < 1.29 is 22.7 Å². The van der Waals surface area contributed by atoms with Crippen molar-refractivity contribution in [2.75, 3.05) is 7.11 Å². The summed E-state index contributed by atoms with van der Waals surface area (Å²) in [7, 11) is 1.42. The molecular weight excluding hydrogens is 335 g/mol. The number of fused-ring (bicyclic) bond motifs is 3. The van der Waals surface area contributed by atoms with Gasteiger partial charge in [-0.2, -0.15) is 13.2 Å². The molecule has 5 nitrogen and oxygen atoms in total. The summed E-state index contributed by atoms with van der Waals surface area (Å²) in [5, 5.41) is 2.09. The fourth-order valence-electron chi connectivity index (χ4n) is 3.19. The van der Waals surface area contributed by atoms with Gasteiger partial charge in [0.2, 0.25) is 11.5 Å². The zero-order valence-electron chi connectivity index (χ0n) is 13.0. The highest BCUT2D eigenvalue weighted by molar-refractivity contribution is 5.98. The first-order chi connectivity index (χ1) is 11.9. The number of halogens is 3. The van der Waals surface area contributed by atoms with E-state index in [0.29, 0.717) is 11.3 Å².